The predicted octanol–water partition coefficient (Wildman–Crippen LogP) is 0.880. The number of hydrazine groups is 1. The van der Waals surface area contributed by atoms with Gasteiger partial charge in [-0.1, -0.05) is 11.6 Å². The molecule has 15 heavy (non-hydrogen) atoms. The molecule has 0 aliphatic heterocycles. The Balaban J connectivity index is 2.29. The standard InChI is InChI=1S/C9H10ClN3O2/c10-5-3-7(8(14)13-11)9(12-4-5)15-6-1-2-6/h3-4,6H,1-2,11H2,(H,13,14). The lowest BCUT2D eigenvalue weighted by Crippen LogP contribution is -2.30. The lowest BCUT2D eigenvalue weighted by Gasteiger charge is -2.08. The third-order valence-corrected chi connectivity index (χ3v) is 2.20. The molecule has 0 saturated heterocycles. The van der Waals surface area contributed by atoms with Crippen molar-refractivity contribution in [2.24, 2.45) is 5.84 Å². The number of hydrogen-bond donors (Lipinski definition) is 2. The van der Waals surface area contributed by atoms with Gasteiger partial charge in [0.15, 0.2) is 0 Å². The Labute approximate surface area is 91.5 Å². The van der Waals surface area contributed by atoms with Crippen molar-refractivity contribution in [3.63, 3.8) is 0 Å². The Morgan fingerprint density at radius 1 is 1.67 bits per heavy atom. The van der Waals surface area contributed by atoms with Gasteiger partial charge in [0.25, 0.3) is 5.91 Å². The number of hydrogen-bond acceptors (Lipinski definition) is 4. The van der Waals surface area contributed by atoms with Gasteiger partial charge in [-0.2, -0.15) is 0 Å². The highest BCUT2D eigenvalue weighted by molar-refractivity contribution is 6.30. The first kappa shape index (κ1) is 10.2. The molecule has 1 saturated carbocycles. The second kappa shape index (κ2) is 4.04. The minimum Gasteiger partial charge on any atom is -0.474 e. The van der Waals surface area contributed by atoms with Crippen molar-refractivity contribution in [2.45, 2.75) is 18.9 Å². The molecule has 0 spiro atoms. The summed E-state index contributed by atoms with van der Waals surface area (Å²) < 4.78 is 5.45. The van der Waals surface area contributed by atoms with Crippen LogP contribution in [0.4, 0.5) is 0 Å². The van der Waals surface area contributed by atoms with Gasteiger partial charge in [0.05, 0.1) is 5.02 Å². The topological polar surface area (TPSA) is 77.2 Å². The number of nitrogens with one attached hydrogen (secondary N) is 1. The number of rotatable bonds is 3. The number of nitrogens with two attached hydrogens (primary N) is 1. The summed E-state index contributed by atoms with van der Waals surface area (Å²) in [6, 6.07) is 1.48. The molecule has 80 valence electrons. The molecule has 0 atom stereocenters. The fraction of sp³-hybridized carbons (Fsp3) is 0.333. The van der Waals surface area contributed by atoms with Crippen LogP contribution in [0.15, 0.2) is 12.3 Å². The van der Waals surface area contributed by atoms with Crippen LogP contribution in [0, 0.1) is 0 Å². The lowest BCUT2D eigenvalue weighted by atomic mass is 10.2. The zero-order valence-corrected chi connectivity index (χ0v) is 8.62. The minimum atomic E-state index is -0.458. The summed E-state index contributed by atoms with van der Waals surface area (Å²) in [6.07, 6.45) is 3.59. The summed E-state index contributed by atoms with van der Waals surface area (Å²) in [7, 11) is 0. The van der Waals surface area contributed by atoms with Crippen molar-refractivity contribution in [1.29, 1.82) is 0 Å². The maximum atomic E-state index is 11.4. The molecule has 6 heteroatoms. The Morgan fingerprint density at radius 2 is 2.40 bits per heavy atom. The van der Waals surface area contributed by atoms with Gasteiger partial charge >= 0.3 is 0 Å². The van der Waals surface area contributed by atoms with E-state index in [0.29, 0.717) is 5.02 Å². The van der Waals surface area contributed by atoms with Crippen LogP contribution in [0.2, 0.25) is 5.02 Å². The van der Waals surface area contributed by atoms with Crippen LogP contribution in [-0.2, 0) is 0 Å². The van der Waals surface area contributed by atoms with E-state index in [1.807, 2.05) is 5.43 Å². The second-order valence-electron chi connectivity index (χ2n) is 3.30. The van der Waals surface area contributed by atoms with Gasteiger partial charge < -0.3 is 4.74 Å². The van der Waals surface area contributed by atoms with Gasteiger partial charge in [-0.3, -0.25) is 10.2 Å². The number of carbonyl (C=O) groups is 1. The van der Waals surface area contributed by atoms with Crippen molar-refractivity contribution in [1.82, 2.24) is 10.4 Å². The van der Waals surface area contributed by atoms with E-state index in [2.05, 4.69) is 4.98 Å². The van der Waals surface area contributed by atoms with Crippen LogP contribution < -0.4 is 16.0 Å². The summed E-state index contributed by atoms with van der Waals surface area (Å²) in [5.74, 6) is 4.87. The largest absolute Gasteiger partial charge is 0.474 e. The minimum absolute atomic E-state index is 0.169. The molecule has 0 bridgehead atoms. The average molecular weight is 228 g/mol. The average Bonchev–Trinajstić information content (AvgIpc) is 3.03. The molecule has 1 aliphatic rings. The van der Waals surface area contributed by atoms with E-state index in [0.717, 1.165) is 12.8 Å². The third-order valence-electron chi connectivity index (χ3n) is 2.00. The van der Waals surface area contributed by atoms with E-state index in [9.17, 15) is 4.79 Å². The van der Waals surface area contributed by atoms with Gasteiger partial charge in [-0.05, 0) is 18.9 Å². The predicted molar refractivity (Wildman–Crippen MR) is 54.6 cm³/mol. The third kappa shape index (κ3) is 2.37. The molecule has 3 N–H and O–H groups in total. The molecule has 0 aromatic carbocycles. The van der Waals surface area contributed by atoms with Crippen LogP contribution in [0.1, 0.15) is 23.2 Å². The highest BCUT2D eigenvalue weighted by Crippen LogP contribution is 2.28. The normalized spacial score (nSPS) is 14.8. The number of ether oxygens (including phenoxy) is 1. The SMILES string of the molecule is NNC(=O)c1cc(Cl)cnc1OC1CC1. The maximum absolute atomic E-state index is 11.4. The first-order chi connectivity index (χ1) is 7.20. The number of nitrogens with zero attached hydrogens (tertiary/aromatic N) is 1. The first-order valence-electron chi connectivity index (χ1n) is 4.54. The van der Waals surface area contributed by atoms with Crippen molar-refractivity contribution >= 4 is 17.5 Å². The van der Waals surface area contributed by atoms with Crippen LogP contribution in [-0.4, -0.2) is 17.0 Å². The number of halogens is 1. The fourth-order valence-electron chi connectivity index (χ4n) is 1.10. The number of amides is 1. The highest BCUT2D eigenvalue weighted by atomic mass is 35.5. The van der Waals surface area contributed by atoms with Crippen LogP contribution in [0.3, 0.4) is 0 Å². The van der Waals surface area contributed by atoms with Crippen molar-refractivity contribution < 1.29 is 9.53 Å². The molecule has 1 aliphatic carbocycles. The maximum Gasteiger partial charge on any atom is 0.270 e. The zero-order chi connectivity index (χ0) is 10.8. The van der Waals surface area contributed by atoms with E-state index in [1.165, 1.54) is 12.3 Å². The van der Waals surface area contributed by atoms with Gasteiger partial charge in [0, 0.05) is 6.20 Å². The van der Waals surface area contributed by atoms with Crippen molar-refractivity contribution in [3.05, 3.63) is 22.8 Å². The highest BCUT2D eigenvalue weighted by Gasteiger charge is 2.26. The molecule has 1 amide bonds. The Hall–Kier alpha value is -1.33. The molecular formula is C9H10ClN3O2. The summed E-state index contributed by atoms with van der Waals surface area (Å²) in [5.41, 5.74) is 2.29. The second-order valence-corrected chi connectivity index (χ2v) is 3.73. The monoisotopic (exact) mass is 227 g/mol. The molecule has 2 rings (SSSR count). The smallest absolute Gasteiger partial charge is 0.270 e. The molecule has 1 heterocycles. The molecule has 1 aromatic rings. The van der Waals surface area contributed by atoms with Crippen molar-refractivity contribution in [2.75, 3.05) is 0 Å². The Kier molecular flexibility index (Phi) is 2.75. The summed E-state index contributed by atoms with van der Waals surface area (Å²) in [6.45, 7) is 0. The Morgan fingerprint density at radius 3 is 3.00 bits per heavy atom. The van der Waals surface area contributed by atoms with Gasteiger partial charge in [-0.25, -0.2) is 10.8 Å². The summed E-state index contributed by atoms with van der Waals surface area (Å²) in [5, 5.41) is 0.372. The summed E-state index contributed by atoms with van der Waals surface area (Å²) in [4.78, 5) is 15.3. The van der Waals surface area contributed by atoms with E-state index in [4.69, 9.17) is 22.2 Å². The molecular weight excluding hydrogens is 218 g/mol. The Bertz CT molecular complexity index is 393. The molecule has 1 fully saturated rings. The molecule has 5 nitrogen and oxygen atoms in total. The van der Waals surface area contributed by atoms with E-state index < -0.39 is 5.91 Å². The zero-order valence-electron chi connectivity index (χ0n) is 7.87. The summed E-state index contributed by atoms with van der Waals surface area (Å²) >= 11 is 5.73. The molecule has 0 unspecified atom stereocenters. The van der Waals surface area contributed by atoms with Gasteiger partial charge in [0.1, 0.15) is 11.7 Å². The van der Waals surface area contributed by atoms with Crippen LogP contribution >= 0.6 is 11.6 Å². The first-order valence-corrected chi connectivity index (χ1v) is 4.91. The lowest BCUT2D eigenvalue weighted by molar-refractivity contribution is 0.0948. The molecule has 0 radical (unpaired) electrons. The van der Waals surface area contributed by atoms with E-state index >= 15 is 0 Å². The van der Waals surface area contributed by atoms with Crippen LogP contribution in [0.25, 0.3) is 0 Å². The quantitative estimate of drug-likeness (QED) is 0.457. The van der Waals surface area contributed by atoms with E-state index in [1.54, 1.807) is 0 Å². The van der Waals surface area contributed by atoms with Gasteiger partial charge in [-0.15, -0.1) is 0 Å². The van der Waals surface area contributed by atoms with Gasteiger partial charge in [0.2, 0.25) is 5.88 Å². The number of pyridine rings is 1. The number of nitrogen functional groups attached to an aromatic ring is 1. The van der Waals surface area contributed by atoms with E-state index in [-0.39, 0.29) is 17.5 Å². The molecule has 1 aromatic heterocycles. The number of carbonyl (C=O) groups excluding carboxylic acids is 1. The van der Waals surface area contributed by atoms with Crippen molar-refractivity contribution in [3.8, 4) is 5.88 Å². The van der Waals surface area contributed by atoms with Crippen LogP contribution in [0.5, 0.6) is 5.88 Å². The number of aromatic nitrogens is 1. The fourth-order valence-corrected chi connectivity index (χ4v) is 1.26.